The largest absolute Gasteiger partial charge is 0.465 e. The Hall–Kier alpha value is -2.16. The van der Waals surface area contributed by atoms with E-state index in [4.69, 9.17) is 14.5 Å². The molecule has 1 aliphatic rings. The van der Waals surface area contributed by atoms with Gasteiger partial charge < -0.3 is 9.47 Å². The van der Waals surface area contributed by atoms with Crippen LogP contribution in [0.5, 0.6) is 0 Å². The van der Waals surface area contributed by atoms with Gasteiger partial charge in [0.15, 0.2) is 5.16 Å². The van der Waals surface area contributed by atoms with Crippen molar-refractivity contribution in [1.29, 1.82) is 0 Å². The first-order valence-electron chi connectivity index (χ1n) is 12.0. The smallest absolute Gasteiger partial charge is 0.316 e. The summed E-state index contributed by atoms with van der Waals surface area (Å²) in [5, 5.41) is 1.25. The molecule has 0 N–H and O–H groups in total. The Bertz CT molecular complexity index is 1190. The summed E-state index contributed by atoms with van der Waals surface area (Å²) in [4.78, 5) is 32.8. The lowest BCUT2D eigenvalue weighted by atomic mass is 9.96. The van der Waals surface area contributed by atoms with E-state index in [-0.39, 0.29) is 23.4 Å². The van der Waals surface area contributed by atoms with Gasteiger partial charge in [0.05, 0.1) is 37.0 Å². The predicted octanol–water partition coefficient (Wildman–Crippen LogP) is 5.43. The van der Waals surface area contributed by atoms with Crippen molar-refractivity contribution in [2.24, 2.45) is 5.92 Å². The number of unbranched alkanes of at least 4 members (excludes halogenated alkanes) is 2. The third kappa shape index (κ3) is 5.73. The van der Waals surface area contributed by atoms with Crippen LogP contribution in [0.2, 0.25) is 0 Å². The van der Waals surface area contributed by atoms with Crippen molar-refractivity contribution in [2.45, 2.75) is 70.9 Å². The minimum absolute atomic E-state index is 0.0467. The highest BCUT2D eigenvalue weighted by Gasteiger charge is 2.28. The molecular formula is C26H32N2O4S2. The Balaban J connectivity index is 1.66. The molecule has 0 unspecified atom stereocenters. The average Bonchev–Trinajstić information content (AvgIpc) is 3.21. The number of thioether (sulfide) groups is 1. The highest BCUT2D eigenvalue weighted by Crippen LogP contribution is 2.36. The van der Waals surface area contributed by atoms with E-state index in [1.807, 2.05) is 30.3 Å². The van der Waals surface area contributed by atoms with Crippen molar-refractivity contribution in [3.05, 3.63) is 56.7 Å². The van der Waals surface area contributed by atoms with Gasteiger partial charge in [-0.1, -0.05) is 75.7 Å². The second-order valence-electron chi connectivity index (χ2n) is 8.97. The predicted molar refractivity (Wildman–Crippen MR) is 138 cm³/mol. The SMILES string of the molecule is CCCCCOC(=O)CSc1nc2sc3c(c2c(=O)n1Cc1ccccc1)C[C@@H](C(C)C)OC3. The quantitative estimate of drug-likeness (QED) is 0.160. The fraction of sp³-hybridized carbons (Fsp3) is 0.500. The van der Waals surface area contributed by atoms with Gasteiger partial charge in [0.1, 0.15) is 4.83 Å². The van der Waals surface area contributed by atoms with E-state index in [9.17, 15) is 9.59 Å². The number of ether oxygens (including phenoxy) is 2. The topological polar surface area (TPSA) is 70.4 Å². The molecule has 4 rings (SSSR count). The molecule has 0 saturated carbocycles. The number of hydrogen-bond donors (Lipinski definition) is 0. The number of benzene rings is 1. The van der Waals surface area contributed by atoms with Crippen LogP contribution in [-0.2, 0) is 33.8 Å². The van der Waals surface area contributed by atoms with Crippen LogP contribution in [0.4, 0.5) is 0 Å². The first-order chi connectivity index (χ1) is 16.5. The summed E-state index contributed by atoms with van der Waals surface area (Å²) >= 11 is 2.80. The van der Waals surface area contributed by atoms with Crippen LogP contribution in [0.25, 0.3) is 10.2 Å². The summed E-state index contributed by atoms with van der Waals surface area (Å²) in [6.45, 7) is 7.77. The van der Waals surface area contributed by atoms with Crippen LogP contribution in [0, 0.1) is 5.92 Å². The number of carbonyl (C=O) groups is 1. The molecule has 2 aromatic heterocycles. The van der Waals surface area contributed by atoms with Gasteiger partial charge in [0, 0.05) is 11.3 Å². The molecule has 6 nitrogen and oxygen atoms in total. The van der Waals surface area contributed by atoms with E-state index in [1.165, 1.54) is 23.1 Å². The molecule has 0 fully saturated rings. The highest BCUT2D eigenvalue weighted by atomic mass is 32.2. The van der Waals surface area contributed by atoms with Crippen molar-refractivity contribution < 1.29 is 14.3 Å². The minimum Gasteiger partial charge on any atom is -0.465 e. The maximum absolute atomic E-state index is 13.8. The third-order valence-corrected chi connectivity index (χ3v) is 8.10. The van der Waals surface area contributed by atoms with E-state index in [2.05, 4.69) is 20.8 Å². The third-order valence-electron chi connectivity index (χ3n) is 6.05. The van der Waals surface area contributed by atoms with E-state index < -0.39 is 0 Å². The van der Waals surface area contributed by atoms with Crippen LogP contribution in [0.1, 0.15) is 56.0 Å². The molecule has 0 spiro atoms. The Morgan fingerprint density at radius 1 is 1.29 bits per heavy atom. The number of carbonyl (C=O) groups excluding carboxylic acids is 1. The fourth-order valence-corrected chi connectivity index (χ4v) is 6.05. The van der Waals surface area contributed by atoms with Crippen LogP contribution in [-0.4, -0.2) is 34.0 Å². The second-order valence-corrected chi connectivity index (χ2v) is 11.0. The Morgan fingerprint density at radius 3 is 2.82 bits per heavy atom. The number of hydrogen-bond acceptors (Lipinski definition) is 7. The number of esters is 1. The van der Waals surface area contributed by atoms with Crippen LogP contribution in [0.15, 0.2) is 40.3 Å². The lowest BCUT2D eigenvalue weighted by molar-refractivity contribution is -0.140. The number of aromatic nitrogens is 2. The molecule has 0 aliphatic carbocycles. The van der Waals surface area contributed by atoms with Gasteiger partial charge in [0.2, 0.25) is 0 Å². The number of nitrogens with zero attached hydrogens (tertiary/aromatic N) is 2. The van der Waals surface area contributed by atoms with Gasteiger partial charge in [-0.2, -0.15) is 0 Å². The van der Waals surface area contributed by atoms with Gasteiger partial charge in [0.25, 0.3) is 5.56 Å². The zero-order valence-corrected chi connectivity index (χ0v) is 21.7. The van der Waals surface area contributed by atoms with Gasteiger partial charge in [-0.3, -0.25) is 14.2 Å². The molecule has 0 bridgehead atoms. The van der Waals surface area contributed by atoms with Crippen molar-refractivity contribution in [2.75, 3.05) is 12.4 Å². The van der Waals surface area contributed by atoms with Gasteiger partial charge in [-0.25, -0.2) is 4.98 Å². The Morgan fingerprint density at radius 2 is 2.09 bits per heavy atom. The summed E-state index contributed by atoms with van der Waals surface area (Å²) in [6.07, 6.45) is 3.82. The van der Waals surface area contributed by atoms with Gasteiger partial charge in [-0.05, 0) is 23.5 Å². The first kappa shape index (κ1) is 24.9. The summed E-state index contributed by atoms with van der Waals surface area (Å²) in [5.41, 5.74) is 2.05. The molecule has 0 saturated heterocycles. The van der Waals surface area contributed by atoms with Crippen LogP contribution in [0.3, 0.4) is 0 Å². The molecule has 1 aliphatic heterocycles. The summed E-state index contributed by atoms with van der Waals surface area (Å²) < 4.78 is 13.1. The van der Waals surface area contributed by atoms with Crippen molar-refractivity contribution in [3.63, 3.8) is 0 Å². The highest BCUT2D eigenvalue weighted by molar-refractivity contribution is 7.99. The summed E-state index contributed by atoms with van der Waals surface area (Å²) in [7, 11) is 0. The Kier molecular flexibility index (Phi) is 8.45. The second kappa shape index (κ2) is 11.5. The molecule has 1 aromatic carbocycles. The standard InChI is InChI=1S/C26H32N2O4S2/c1-4-5-9-12-31-22(29)16-33-26-27-24-23(19-13-20(17(2)3)32-15-21(19)34-24)25(30)28(26)14-18-10-7-6-8-11-18/h6-8,10-11,17,20H,4-5,9,12-16H2,1-3H3/t20-/m0/s1. The first-order valence-corrected chi connectivity index (χ1v) is 13.8. The molecule has 34 heavy (non-hydrogen) atoms. The monoisotopic (exact) mass is 500 g/mol. The zero-order chi connectivity index (χ0) is 24.1. The van der Waals surface area contributed by atoms with E-state index in [1.54, 1.807) is 4.57 Å². The molecular weight excluding hydrogens is 468 g/mol. The maximum atomic E-state index is 13.8. The number of rotatable bonds is 10. The van der Waals surface area contributed by atoms with Gasteiger partial charge >= 0.3 is 5.97 Å². The van der Waals surface area contributed by atoms with E-state index in [0.717, 1.165) is 46.5 Å². The minimum atomic E-state index is -0.277. The van der Waals surface area contributed by atoms with Crippen LogP contribution >= 0.6 is 23.1 Å². The fourth-order valence-electron chi connectivity index (χ4n) is 4.09. The Labute approximate surface area is 208 Å². The summed E-state index contributed by atoms with van der Waals surface area (Å²) in [6, 6.07) is 9.88. The lowest BCUT2D eigenvalue weighted by Gasteiger charge is -2.26. The molecule has 0 radical (unpaired) electrons. The van der Waals surface area contributed by atoms with E-state index >= 15 is 0 Å². The van der Waals surface area contributed by atoms with E-state index in [0.29, 0.717) is 36.2 Å². The maximum Gasteiger partial charge on any atom is 0.316 e. The summed E-state index contributed by atoms with van der Waals surface area (Å²) in [5.74, 6) is 0.226. The molecule has 0 amide bonds. The molecule has 3 aromatic rings. The zero-order valence-electron chi connectivity index (χ0n) is 20.0. The number of fused-ring (bicyclic) bond motifs is 3. The molecule has 1 atom stereocenters. The molecule has 182 valence electrons. The van der Waals surface area contributed by atoms with Gasteiger partial charge in [-0.15, -0.1) is 11.3 Å². The average molecular weight is 501 g/mol. The van der Waals surface area contributed by atoms with Crippen molar-refractivity contribution in [3.8, 4) is 0 Å². The van der Waals surface area contributed by atoms with Crippen LogP contribution < -0.4 is 5.56 Å². The van der Waals surface area contributed by atoms with Crippen molar-refractivity contribution >= 4 is 39.3 Å². The molecule has 8 heteroatoms. The lowest BCUT2D eigenvalue weighted by Crippen LogP contribution is -2.29. The van der Waals surface area contributed by atoms with Crippen molar-refractivity contribution in [1.82, 2.24) is 9.55 Å². The normalized spacial score (nSPS) is 15.6. The number of thiophene rings is 1. The molecule has 3 heterocycles.